The minimum absolute atomic E-state index is 0.0320. The van der Waals surface area contributed by atoms with Crippen molar-refractivity contribution in [1.82, 2.24) is 50.6 Å². The lowest BCUT2D eigenvalue weighted by Gasteiger charge is -2.49. The largest absolute Gasteiger partial charge is 0.472 e. The summed E-state index contributed by atoms with van der Waals surface area (Å²) in [5, 5.41) is 21.0. The van der Waals surface area contributed by atoms with Crippen LogP contribution in [0.1, 0.15) is 123 Å². The molecule has 3 aromatic heterocycles. The zero-order chi connectivity index (χ0) is 65.8. The third-order valence-electron chi connectivity index (χ3n) is 19.4. The predicted octanol–water partition coefficient (Wildman–Crippen LogP) is 8.96. The number of alkyl halides is 2. The Morgan fingerprint density at radius 1 is 1.00 bits per heavy atom. The van der Waals surface area contributed by atoms with Crippen molar-refractivity contribution < 1.29 is 51.3 Å². The quantitative estimate of drug-likeness (QED) is 0.0220. The van der Waals surface area contributed by atoms with Gasteiger partial charge in [0.05, 0.1) is 58.5 Å². The summed E-state index contributed by atoms with van der Waals surface area (Å²) in [4.78, 5) is 84.2. The number of rotatable bonds is 19. The normalized spacial score (nSPS) is 24.0. The van der Waals surface area contributed by atoms with Gasteiger partial charge in [0.2, 0.25) is 35.9 Å². The number of thiazole rings is 1. The Hall–Kier alpha value is -7.72. The highest BCUT2D eigenvalue weighted by Crippen LogP contribution is 2.48. The first-order chi connectivity index (χ1) is 43.8. The molecule has 11 atom stereocenters. The highest BCUT2D eigenvalue weighted by atomic mass is 32.1. The second-order valence-electron chi connectivity index (χ2n) is 27.0. The molecule has 24 heteroatoms. The van der Waals surface area contributed by atoms with Gasteiger partial charge in [0.15, 0.2) is 5.82 Å². The number of hydrogen-bond acceptors (Lipinski definition) is 16. The standard InChI is InChI=1S/C68H82F4N12O7S/c1-11-44-47(69)22-20-40-27-41(73)28-45(52(40)44)55-54(70)56-53-61(80-66(79-56)90-33-68(9)32-81(10)26-24-46(68)60(71)72)83-30-42-21-23-49(57(83)37(5)91-63(53)78-55)84(42)64(88)48(12-2)74-25-14-13-15-51(86)77-59(67(6,7)8)65(89)82-31-43(85)29-50(82)62(87)76-35(3)38-16-18-39(19-17-38)58-36(4)75-34-92-58/h1,16-20,22,27-28,34-35,37,42-43,46,48-50,57,59-60,74,85H,12-15,21,23-26,29-33,73H2,2-10H3,(H,76,87)(H,77,86)/t35-,37-,42+,43+,46+,48-,49-,50-,57+,59+,68-/m0/s1. The molecule has 6 aromatic rings. The molecule has 3 aromatic carbocycles. The maximum Gasteiger partial charge on any atom is 0.319 e. The number of hydrogen-bond donors (Lipinski definition) is 5. The Balaban J connectivity index is 0.770. The van der Waals surface area contributed by atoms with E-state index in [-0.39, 0.29) is 113 Å². The van der Waals surface area contributed by atoms with Gasteiger partial charge in [-0.25, -0.2) is 27.5 Å². The summed E-state index contributed by atoms with van der Waals surface area (Å²) in [5.41, 5.74) is 8.92. The molecule has 6 N–H and O–H groups in total. The molecule has 92 heavy (non-hydrogen) atoms. The first-order valence-electron chi connectivity index (χ1n) is 31.9. The number of aryl methyl sites for hydroxylation is 1. The monoisotopic (exact) mass is 1290 g/mol. The number of nitrogens with zero attached hydrogens (tertiary/aromatic N) is 8. The van der Waals surface area contributed by atoms with Crippen molar-refractivity contribution in [3.05, 3.63) is 82.5 Å². The Morgan fingerprint density at radius 2 is 1.76 bits per heavy atom. The molecule has 5 aliphatic heterocycles. The van der Waals surface area contributed by atoms with E-state index in [0.717, 1.165) is 21.7 Å². The average Bonchev–Trinajstić information content (AvgIpc) is 1.44. The number of ether oxygens (including phenoxy) is 2. The van der Waals surface area contributed by atoms with Gasteiger partial charge in [-0.1, -0.05) is 70.9 Å². The molecule has 0 saturated carbocycles. The lowest BCUT2D eigenvalue weighted by Crippen LogP contribution is -2.67. The van der Waals surface area contributed by atoms with E-state index in [1.807, 2.05) is 94.5 Å². The van der Waals surface area contributed by atoms with E-state index in [2.05, 4.69) is 31.8 Å². The van der Waals surface area contributed by atoms with Gasteiger partial charge in [-0.05, 0) is 120 Å². The minimum atomic E-state index is -2.62. The summed E-state index contributed by atoms with van der Waals surface area (Å²) in [5.74, 6) is -1.35. The van der Waals surface area contributed by atoms with Crippen LogP contribution < -0.4 is 36.1 Å². The van der Waals surface area contributed by atoms with Gasteiger partial charge < -0.3 is 55.9 Å². The number of aliphatic hydroxyl groups excluding tert-OH is 1. The zero-order valence-electron chi connectivity index (χ0n) is 53.5. The maximum atomic E-state index is 17.9. The molecule has 8 heterocycles. The Kier molecular flexibility index (Phi) is 18.8. The van der Waals surface area contributed by atoms with Gasteiger partial charge in [-0.2, -0.15) is 9.97 Å². The van der Waals surface area contributed by atoms with Crippen LogP contribution in [0.25, 0.3) is 43.4 Å². The third kappa shape index (κ3) is 12.8. The Bertz CT molecular complexity index is 3840. The number of nitrogen functional groups attached to an aromatic ring is 1. The molecule has 0 spiro atoms. The maximum absolute atomic E-state index is 17.9. The number of carbonyl (C=O) groups is 4. The Morgan fingerprint density at radius 3 is 2.46 bits per heavy atom. The van der Waals surface area contributed by atoms with Crippen LogP contribution in [0.5, 0.6) is 11.9 Å². The molecule has 0 unspecified atom stereocenters. The van der Waals surface area contributed by atoms with Crippen LogP contribution in [-0.4, -0.2) is 165 Å². The van der Waals surface area contributed by atoms with Gasteiger partial charge in [-0.3, -0.25) is 19.2 Å². The van der Waals surface area contributed by atoms with Crippen LogP contribution in [0.2, 0.25) is 0 Å². The Labute approximate surface area is 537 Å². The summed E-state index contributed by atoms with van der Waals surface area (Å²) >= 11 is 1.56. The van der Waals surface area contributed by atoms with Gasteiger partial charge in [-0.15, -0.1) is 17.8 Å². The van der Waals surface area contributed by atoms with E-state index < -0.39 is 95.1 Å². The van der Waals surface area contributed by atoms with E-state index in [4.69, 9.17) is 31.6 Å². The highest BCUT2D eigenvalue weighted by molar-refractivity contribution is 7.13. The van der Waals surface area contributed by atoms with Gasteiger partial charge in [0.1, 0.15) is 46.4 Å². The smallest absolute Gasteiger partial charge is 0.319 e. The first-order valence-corrected chi connectivity index (χ1v) is 32.7. The number of piperazine rings is 1. The first kappa shape index (κ1) is 65.8. The molecule has 19 nitrogen and oxygen atoms in total. The fourth-order valence-electron chi connectivity index (χ4n) is 14.7. The number of fused-ring (bicyclic) bond motifs is 6. The van der Waals surface area contributed by atoms with Crippen molar-refractivity contribution in [3.8, 4) is 45.9 Å². The molecular formula is C68H82F4N12O7S. The molecule has 0 radical (unpaired) electrons. The van der Waals surface area contributed by atoms with Gasteiger partial charge >= 0.3 is 6.01 Å². The number of unbranched alkanes of at least 4 members (excludes halogenated alkanes) is 1. The van der Waals surface area contributed by atoms with Crippen molar-refractivity contribution in [2.24, 2.45) is 16.7 Å². The van der Waals surface area contributed by atoms with E-state index in [1.54, 1.807) is 29.8 Å². The van der Waals surface area contributed by atoms with Crippen LogP contribution in [0.3, 0.4) is 0 Å². The number of nitrogens with one attached hydrogen (secondary N) is 3. The summed E-state index contributed by atoms with van der Waals surface area (Å²) in [6, 6.07) is 9.12. The van der Waals surface area contributed by atoms with Crippen molar-refractivity contribution in [1.29, 1.82) is 0 Å². The lowest BCUT2D eigenvalue weighted by atomic mass is 9.73. The van der Waals surface area contributed by atoms with Gasteiger partial charge in [0, 0.05) is 66.5 Å². The van der Waals surface area contributed by atoms with Crippen molar-refractivity contribution in [2.45, 2.75) is 168 Å². The number of piperidine rings is 1. The number of terminal acetylenes is 1. The number of nitrogens with two attached hydrogens (primary N) is 1. The molecular weight excluding hydrogens is 1200 g/mol. The van der Waals surface area contributed by atoms with Crippen LogP contribution >= 0.6 is 11.3 Å². The molecule has 0 aliphatic carbocycles. The highest BCUT2D eigenvalue weighted by Gasteiger charge is 2.54. The second kappa shape index (κ2) is 26.3. The number of aromatic nitrogens is 4. The van der Waals surface area contributed by atoms with Crippen molar-refractivity contribution in [2.75, 3.05) is 57.0 Å². The van der Waals surface area contributed by atoms with Gasteiger partial charge in [0.25, 0.3) is 0 Å². The number of aliphatic hydroxyl groups is 1. The van der Waals surface area contributed by atoms with Crippen LogP contribution in [0, 0.1) is 47.6 Å². The summed E-state index contributed by atoms with van der Waals surface area (Å²) < 4.78 is 75.9. The number of likely N-dealkylation sites (tertiary alicyclic amines) is 2. The van der Waals surface area contributed by atoms with E-state index in [9.17, 15) is 28.3 Å². The number of benzene rings is 3. The molecule has 5 aliphatic rings. The fraction of sp³-hybridized carbons (Fsp3) is 0.529. The summed E-state index contributed by atoms with van der Waals surface area (Å²) in [7, 11) is 1.86. The predicted molar refractivity (Wildman–Crippen MR) is 345 cm³/mol. The van der Waals surface area contributed by atoms with Crippen LogP contribution in [0.15, 0.2) is 54.0 Å². The topological polar surface area (TPSA) is 234 Å². The van der Waals surface area contributed by atoms with E-state index in [0.29, 0.717) is 57.1 Å². The summed E-state index contributed by atoms with van der Waals surface area (Å²) in [6.07, 6.45) is 4.65. The molecule has 490 valence electrons. The van der Waals surface area contributed by atoms with Crippen LogP contribution in [0.4, 0.5) is 29.1 Å². The molecule has 2 bridgehead atoms. The fourth-order valence-corrected chi connectivity index (χ4v) is 15.5. The summed E-state index contributed by atoms with van der Waals surface area (Å²) in [6.45, 7) is 16.0. The van der Waals surface area contributed by atoms with Crippen molar-refractivity contribution in [3.63, 3.8) is 0 Å². The van der Waals surface area contributed by atoms with Crippen molar-refractivity contribution >= 4 is 68.1 Å². The number of β-amino-alcohol motifs (C(OH)–C–C–N with tert-alkyl or cyclic N) is 1. The molecule has 4 fully saturated rings. The van der Waals surface area contributed by atoms with Crippen LogP contribution in [-0.2, 0) is 19.2 Å². The molecule has 4 amide bonds. The number of amides is 4. The minimum Gasteiger partial charge on any atom is -0.472 e. The number of pyridine rings is 1. The second-order valence-corrected chi connectivity index (χ2v) is 27.9. The zero-order valence-corrected chi connectivity index (χ0v) is 54.3. The van der Waals surface area contributed by atoms with E-state index in [1.165, 1.54) is 23.1 Å². The number of anilines is 2. The molecule has 4 saturated heterocycles. The lowest BCUT2D eigenvalue weighted by molar-refractivity contribution is -0.144. The average molecular weight is 1290 g/mol. The third-order valence-corrected chi connectivity index (χ3v) is 20.4. The number of carbonyl (C=O) groups excluding carboxylic acids is 4. The van der Waals surface area contributed by atoms with E-state index >= 15 is 13.6 Å². The number of halogens is 4. The SMILES string of the molecule is C#Cc1c(F)ccc2cc(N)cc(-c3nc4c5c(nc(OC[C@]6(C)CN(C)CC[C@@H]6C(F)F)nc5c3F)N3C[C@H]5CC[C@@H]([C@H]3[C@H](C)O4)N5C(=O)[C@H](CC)NCCCCC(=O)N[C@H](C(=O)N3C[C@H](O)C[C@H]3C(=O)N[C@@H](C)c3ccc(-c4scnc4C)cc3)C(C)(C)C)c12. The molecule has 11 rings (SSSR count).